The van der Waals surface area contributed by atoms with Crippen LogP contribution in [0.3, 0.4) is 0 Å². The molecule has 0 unspecified atom stereocenters. The zero-order valence-electron chi connectivity index (χ0n) is 14.8. The van der Waals surface area contributed by atoms with Crippen molar-refractivity contribution in [3.8, 4) is 0 Å². The van der Waals surface area contributed by atoms with E-state index in [-0.39, 0.29) is 29.9 Å². The van der Waals surface area contributed by atoms with Crippen LogP contribution >= 0.6 is 0 Å². The summed E-state index contributed by atoms with van der Waals surface area (Å²) >= 11 is 0. The molecule has 25 heavy (non-hydrogen) atoms. The Kier molecular flexibility index (Phi) is 5.94. The molecular weight excluding hydrogens is 329 g/mol. The van der Waals surface area contributed by atoms with E-state index >= 15 is 0 Å². The van der Waals surface area contributed by atoms with Crippen LogP contribution in [0, 0.1) is 15.9 Å². The third-order valence-electron chi connectivity index (χ3n) is 3.97. The van der Waals surface area contributed by atoms with Crippen molar-refractivity contribution in [3.63, 3.8) is 0 Å². The molecule has 1 fully saturated rings. The fourth-order valence-corrected chi connectivity index (χ4v) is 2.66. The van der Waals surface area contributed by atoms with E-state index in [0.717, 1.165) is 25.0 Å². The quantitative estimate of drug-likeness (QED) is 0.663. The van der Waals surface area contributed by atoms with Crippen molar-refractivity contribution < 1.29 is 18.8 Å². The molecule has 1 aromatic carbocycles. The fraction of sp³-hybridized carbons (Fsp3) is 0.588. The van der Waals surface area contributed by atoms with Crippen LogP contribution in [0.5, 0.6) is 0 Å². The van der Waals surface area contributed by atoms with Gasteiger partial charge in [0.1, 0.15) is 11.4 Å². The molecule has 1 heterocycles. The van der Waals surface area contributed by atoms with Crippen molar-refractivity contribution >= 4 is 11.8 Å². The lowest BCUT2D eigenvalue weighted by molar-refractivity contribution is -0.385. The number of rotatable bonds is 4. The van der Waals surface area contributed by atoms with Crippen LogP contribution in [0.15, 0.2) is 18.2 Å². The molecule has 1 N–H and O–H groups in total. The van der Waals surface area contributed by atoms with Gasteiger partial charge in [-0.3, -0.25) is 10.1 Å². The molecule has 0 atom stereocenters. The van der Waals surface area contributed by atoms with Gasteiger partial charge in [0.15, 0.2) is 0 Å². The lowest BCUT2D eigenvalue weighted by Gasteiger charge is -2.33. The van der Waals surface area contributed by atoms with Gasteiger partial charge in [-0.15, -0.1) is 0 Å². The number of benzene rings is 1. The van der Waals surface area contributed by atoms with Gasteiger partial charge in [0.2, 0.25) is 0 Å². The molecule has 1 saturated heterocycles. The molecule has 1 aliphatic heterocycles. The summed E-state index contributed by atoms with van der Waals surface area (Å²) in [6, 6.07) is 3.63. The van der Waals surface area contributed by atoms with E-state index in [9.17, 15) is 19.3 Å². The average Bonchev–Trinajstić information content (AvgIpc) is 2.52. The van der Waals surface area contributed by atoms with Gasteiger partial charge in [0.05, 0.1) is 4.92 Å². The van der Waals surface area contributed by atoms with E-state index in [2.05, 4.69) is 5.32 Å². The lowest BCUT2D eigenvalue weighted by atomic mass is 10.0. The summed E-state index contributed by atoms with van der Waals surface area (Å²) in [5.74, 6) is -0.468. The first-order valence-corrected chi connectivity index (χ1v) is 8.30. The van der Waals surface area contributed by atoms with Crippen molar-refractivity contribution in [1.82, 2.24) is 10.2 Å². The highest BCUT2D eigenvalue weighted by Gasteiger charge is 2.26. The molecule has 138 valence electrons. The first-order valence-electron chi connectivity index (χ1n) is 8.30. The van der Waals surface area contributed by atoms with Crippen LogP contribution in [-0.2, 0) is 11.3 Å². The Morgan fingerprint density at radius 1 is 1.40 bits per heavy atom. The molecule has 0 spiro atoms. The van der Waals surface area contributed by atoms with Gasteiger partial charge in [0.25, 0.3) is 5.69 Å². The van der Waals surface area contributed by atoms with Crippen LogP contribution in [0.4, 0.5) is 14.9 Å². The molecule has 0 saturated carbocycles. The summed E-state index contributed by atoms with van der Waals surface area (Å²) in [4.78, 5) is 23.9. The van der Waals surface area contributed by atoms with E-state index in [1.54, 1.807) is 4.90 Å². The topological polar surface area (TPSA) is 84.7 Å². The largest absolute Gasteiger partial charge is 0.444 e. The number of carbonyl (C=O) groups is 1. The number of nitrogens with zero attached hydrogens (tertiary/aromatic N) is 2. The minimum Gasteiger partial charge on any atom is -0.444 e. The maximum atomic E-state index is 13.8. The average molecular weight is 353 g/mol. The zero-order valence-corrected chi connectivity index (χ0v) is 14.8. The summed E-state index contributed by atoms with van der Waals surface area (Å²) in [6.07, 6.45) is 1.11. The fourth-order valence-electron chi connectivity index (χ4n) is 2.66. The summed E-state index contributed by atoms with van der Waals surface area (Å²) in [5.41, 5.74) is -0.382. The summed E-state index contributed by atoms with van der Waals surface area (Å²) in [7, 11) is 0. The Morgan fingerprint density at radius 3 is 2.60 bits per heavy atom. The SMILES string of the molecule is CC(C)(C)OC(=O)N1CCC(NCc2cc([N+](=O)[O-])ccc2F)CC1. The molecule has 0 radical (unpaired) electrons. The van der Waals surface area contributed by atoms with Crippen LogP contribution in [0.25, 0.3) is 0 Å². The molecule has 1 aromatic rings. The summed E-state index contributed by atoms with van der Waals surface area (Å²) < 4.78 is 19.1. The number of hydrogen-bond donors (Lipinski definition) is 1. The molecule has 1 amide bonds. The van der Waals surface area contributed by atoms with Crippen molar-refractivity contribution in [2.24, 2.45) is 0 Å². The zero-order chi connectivity index (χ0) is 18.6. The first-order chi connectivity index (χ1) is 11.7. The Bertz CT molecular complexity index is 637. The van der Waals surface area contributed by atoms with Crippen LogP contribution < -0.4 is 5.32 Å². The van der Waals surface area contributed by atoms with E-state index < -0.39 is 16.3 Å². The Hall–Kier alpha value is -2.22. The number of nitro groups is 1. The second-order valence-electron chi connectivity index (χ2n) is 7.16. The number of amides is 1. The van der Waals surface area contributed by atoms with E-state index in [4.69, 9.17) is 4.74 Å². The van der Waals surface area contributed by atoms with Gasteiger partial charge in [-0.25, -0.2) is 9.18 Å². The number of carbonyl (C=O) groups excluding carboxylic acids is 1. The molecule has 0 aromatic heterocycles. The van der Waals surface area contributed by atoms with Crippen molar-refractivity contribution in [2.45, 2.75) is 51.8 Å². The lowest BCUT2D eigenvalue weighted by Crippen LogP contribution is -2.46. The molecule has 8 heteroatoms. The Labute approximate surface area is 146 Å². The van der Waals surface area contributed by atoms with Gasteiger partial charge in [0, 0.05) is 43.4 Å². The normalized spacial score (nSPS) is 15.9. The minimum absolute atomic E-state index is 0.123. The molecule has 0 bridgehead atoms. The predicted octanol–water partition coefficient (Wildman–Crippen LogP) is 3.22. The molecule has 2 rings (SSSR count). The van der Waals surface area contributed by atoms with Gasteiger partial charge in [-0.05, 0) is 39.7 Å². The third-order valence-corrected chi connectivity index (χ3v) is 3.97. The maximum Gasteiger partial charge on any atom is 0.410 e. The van der Waals surface area contributed by atoms with Crippen LogP contribution in [0.2, 0.25) is 0 Å². The standard InChI is InChI=1S/C17H24FN3O4/c1-17(2,3)25-16(22)20-8-6-13(7-9-20)19-11-12-10-14(21(23)24)4-5-15(12)18/h4-5,10,13,19H,6-9,11H2,1-3H3. The third kappa shape index (κ3) is 5.67. The van der Waals surface area contributed by atoms with E-state index in [0.29, 0.717) is 13.1 Å². The molecule has 0 aliphatic carbocycles. The second-order valence-corrected chi connectivity index (χ2v) is 7.16. The maximum absolute atomic E-state index is 13.8. The Morgan fingerprint density at radius 2 is 2.04 bits per heavy atom. The molecular formula is C17H24FN3O4. The molecule has 7 nitrogen and oxygen atoms in total. The van der Waals surface area contributed by atoms with Gasteiger partial charge < -0.3 is 15.0 Å². The van der Waals surface area contributed by atoms with Gasteiger partial charge in [-0.2, -0.15) is 0 Å². The predicted molar refractivity (Wildman–Crippen MR) is 90.7 cm³/mol. The number of ether oxygens (including phenoxy) is 1. The highest BCUT2D eigenvalue weighted by molar-refractivity contribution is 5.68. The number of likely N-dealkylation sites (tertiary alicyclic amines) is 1. The van der Waals surface area contributed by atoms with Crippen LogP contribution in [-0.4, -0.2) is 40.6 Å². The number of nitro benzene ring substituents is 1. The van der Waals surface area contributed by atoms with Crippen LogP contribution in [0.1, 0.15) is 39.2 Å². The Balaban J connectivity index is 1.84. The summed E-state index contributed by atoms with van der Waals surface area (Å²) in [6.45, 7) is 6.81. The van der Waals surface area contributed by atoms with Gasteiger partial charge in [-0.1, -0.05) is 0 Å². The van der Waals surface area contributed by atoms with Crippen molar-refractivity contribution in [2.75, 3.05) is 13.1 Å². The molecule has 1 aliphatic rings. The van der Waals surface area contributed by atoms with E-state index in [1.807, 2.05) is 20.8 Å². The highest BCUT2D eigenvalue weighted by Crippen LogP contribution is 2.19. The van der Waals surface area contributed by atoms with E-state index in [1.165, 1.54) is 6.07 Å². The number of piperidine rings is 1. The highest BCUT2D eigenvalue weighted by atomic mass is 19.1. The first kappa shape index (κ1) is 19.1. The second kappa shape index (κ2) is 7.77. The van der Waals surface area contributed by atoms with Gasteiger partial charge >= 0.3 is 6.09 Å². The monoisotopic (exact) mass is 353 g/mol. The smallest absolute Gasteiger partial charge is 0.410 e. The summed E-state index contributed by atoms with van der Waals surface area (Å²) in [5, 5.41) is 14.0. The number of nitrogens with one attached hydrogen (secondary N) is 1. The minimum atomic E-state index is -0.539. The number of hydrogen-bond acceptors (Lipinski definition) is 5. The van der Waals surface area contributed by atoms with Crippen molar-refractivity contribution in [3.05, 3.63) is 39.7 Å². The number of non-ortho nitro benzene ring substituents is 1. The number of halogens is 1. The van der Waals surface area contributed by atoms with Crippen molar-refractivity contribution in [1.29, 1.82) is 0 Å².